The molecule has 0 N–H and O–H groups in total. The lowest BCUT2D eigenvalue weighted by Crippen LogP contribution is -2.42. The van der Waals surface area contributed by atoms with Crippen molar-refractivity contribution in [3.05, 3.63) is 53.6 Å². The molecule has 4 rings (SSSR count). The normalized spacial score (nSPS) is 26.1. The highest BCUT2D eigenvalue weighted by Crippen LogP contribution is 2.59. The Bertz CT molecular complexity index is 1000. The number of rotatable bonds is 15. The van der Waals surface area contributed by atoms with E-state index in [0.29, 0.717) is 35.7 Å². The first-order chi connectivity index (χ1) is 19.0. The molecule has 2 saturated carbocycles. The van der Waals surface area contributed by atoms with Crippen LogP contribution in [-0.4, -0.2) is 11.8 Å². The van der Waals surface area contributed by atoms with Crippen molar-refractivity contribution >= 4 is 11.8 Å². The lowest BCUT2D eigenvalue weighted by Gasteiger charge is -2.48. The van der Waals surface area contributed by atoms with Crippen LogP contribution in [0.2, 0.25) is 0 Å². The number of Topliss-reactive ketones (excluding diaryl/α,β-unsaturated/α-hetero) is 1. The van der Waals surface area contributed by atoms with Crippen LogP contribution in [0.3, 0.4) is 0 Å². The zero-order chi connectivity index (χ0) is 27.5. The minimum atomic E-state index is -0.104. The van der Waals surface area contributed by atoms with Crippen LogP contribution in [0, 0.1) is 17.3 Å². The van der Waals surface area contributed by atoms with E-state index in [1.165, 1.54) is 56.1 Å². The van der Waals surface area contributed by atoms with Gasteiger partial charge in [-0.2, -0.15) is 0 Å². The van der Waals surface area contributed by atoms with Gasteiger partial charge in [-0.3, -0.25) is 9.59 Å². The summed E-state index contributed by atoms with van der Waals surface area (Å²) in [6, 6.07) is 6.34. The number of carbonyl (C=O) groups excluding carboxylic acids is 2. The Morgan fingerprint density at radius 1 is 0.923 bits per heavy atom. The van der Waals surface area contributed by atoms with Crippen LogP contribution in [0.4, 0.5) is 0 Å². The predicted octanol–water partition coefficient (Wildman–Crippen LogP) is 9.83. The van der Waals surface area contributed by atoms with Gasteiger partial charge in [-0.1, -0.05) is 76.3 Å². The average Bonchev–Trinajstić information content (AvgIpc) is 3.24. The third-order valence-corrected chi connectivity index (χ3v) is 9.97. The second-order valence-electron chi connectivity index (χ2n) is 12.6. The highest BCUT2D eigenvalue weighted by Gasteiger charge is 2.54. The second kappa shape index (κ2) is 15.0. The van der Waals surface area contributed by atoms with Gasteiger partial charge in [-0.25, -0.2) is 0 Å². The van der Waals surface area contributed by atoms with E-state index in [9.17, 15) is 9.59 Å². The fourth-order valence-corrected chi connectivity index (χ4v) is 7.66. The number of allylic oxidation sites excluding steroid dienone is 4. The quantitative estimate of drug-likeness (QED) is 0.0977. The molecule has 39 heavy (non-hydrogen) atoms. The van der Waals surface area contributed by atoms with Gasteiger partial charge >= 0.3 is 5.97 Å². The van der Waals surface area contributed by atoms with E-state index >= 15 is 0 Å². The second-order valence-corrected chi connectivity index (χ2v) is 12.6. The van der Waals surface area contributed by atoms with Crippen molar-refractivity contribution in [1.29, 1.82) is 0 Å². The molecule has 3 aliphatic carbocycles. The first-order valence-corrected chi connectivity index (χ1v) is 16.2. The number of carbonyl (C=O) groups is 2. The lowest BCUT2D eigenvalue weighted by molar-refractivity contribution is -0.134. The van der Waals surface area contributed by atoms with Gasteiger partial charge in [0, 0.05) is 18.3 Å². The number of unbranched alkanes of at least 4 members (excludes halogenated alkanes) is 8. The Morgan fingerprint density at radius 3 is 2.46 bits per heavy atom. The minimum Gasteiger partial charge on any atom is -0.427 e. The predicted molar refractivity (Wildman–Crippen MR) is 161 cm³/mol. The molecule has 0 aliphatic heterocycles. The van der Waals surface area contributed by atoms with Gasteiger partial charge in [-0.15, -0.1) is 0 Å². The van der Waals surface area contributed by atoms with Crippen LogP contribution in [0.5, 0.6) is 5.75 Å². The molecule has 4 atom stereocenters. The molecule has 1 aromatic rings. The third kappa shape index (κ3) is 7.95. The molecule has 0 radical (unpaired) electrons. The summed E-state index contributed by atoms with van der Waals surface area (Å²) in [5.41, 5.74) is 2.73. The molecule has 0 amide bonds. The van der Waals surface area contributed by atoms with Crippen molar-refractivity contribution in [1.82, 2.24) is 0 Å². The van der Waals surface area contributed by atoms with Crippen LogP contribution >= 0.6 is 0 Å². The van der Waals surface area contributed by atoms with Gasteiger partial charge in [0.25, 0.3) is 0 Å². The molecule has 0 bridgehead atoms. The molecular weight excluding hydrogens is 480 g/mol. The van der Waals surface area contributed by atoms with E-state index in [1.54, 1.807) is 0 Å². The number of ketones is 1. The summed E-state index contributed by atoms with van der Waals surface area (Å²) in [6.45, 7) is 4.48. The molecule has 0 heterocycles. The van der Waals surface area contributed by atoms with Crippen molar-refractivity contribution in [2.45, 2.75) is 135 Å². The fourth-order valence-electron chi connectivity index (χ4n) is 7.66. The summed E-state index contributed by atoms with van der Waals surface area (Å²) in [7, 11) is 0. The van der Waals surface area contributed by atoms with Gasteiger partial charge < -0.3 is 4.74 Å². The standard InChI is InChI=1S/C36H52O3/c1-3-4-5-6-7-8-9-10-11-12-13-14-15-16-17-18-35(38)39-29-20-22-30-28(27-29)19-21-32-31(30)25-26-36(2)33(32)23-24-34(36)37/h7-8,10-11,20,22,27,31-33H,3-6,9,12-19,21,23-26H2,1-2H3/b8-7-,11-10-/t31-,32-,33+,36+/m1/s1. The van der Waals surface area contributed by atoms with E-state index in [2.05, 4.69) is 50.3 Å². The van der Waals surface area contributed by atoms with Crippen LogP contribution in [0.1, 0.15) is 140 Å². The number of benzene rings is 1. The third-order valence-electron chi connectivity index (χ3n) is 9.97. The van der Waals surface area contributed by atoms with Gasteiger partial charge in [-0.05, 0) is 112 Å². The number of hydrogen-bond donors (Lipinski definition) is 0. The van der Waals surface area contributed by atoms with E-state index in [4.69, 9.17) is 4.74 Å². The highest BCUT2D eigenvalue weighted by atomic mass is 16.5. The molecule has 0 aromatic heterocycles. The van der Waals surface area contributed by atoms with Crippen molar-refractivity contribution in [3.63, 3.8) is 0 Å². The maximum atomic E-state index is 12.6. The zero-order valence-corrected chi connectivity index (χ0v) is 24.7. The van der Waals surface area contributed by atoms with E-state index in [-0.39, 0.29) is 11.4 Å². The molecule has 3 heteroatoms. The summed E-state index contributed by atoms with van der Waals surface area (Å²) < 4.78 is 5.74. The van der Waals surface area contributed by atoms with Crippen molar-refractivity contribution in [2.75, 3.05) is 0 Å². The highest BCUT2D eigenvalue weighted by molar-refractivity contribution is 5.87. The number of aryl methyl sites for hydroxylation is 1. The maximum Gasteiger partial charge on any atom is 0.311 e. The summed E-state index contributed by atoms with van der Waals surface area (Å²) in [5, 5.41) is 0. The van der Waals surface area contributed by atoms with E-state index in [0.717, 1.165) is 64.2 Å². The average molecular weight is 533 g/mol. The molecule has 3 nitrogen and oxygen atoms in total. The van der Waals surface area contributed by atoms with Crippen molar-refractivity contribution < 1.29 is 14.3 Å². The molecule has 1 aromatic carbocycles. The first kappa shape index (κ1) is 29.8. The molecule has 0 spiro atoms. The zero-order valence-electron chi connectivity index (χ0n) is 24.7. The monoisotopic (exact) mass is 532 g/mol. The molecule has 0 unspecified atom stereocenters. The number of ether oxygens (including phenoxy) is 1. The molecule has 0 saturated heterocycles. The van der Waals surface area contributed by atoms with Crippen molar-refractivity contribution in [2.24, 2.45) is 17.3 Å². The number of hydrogen-bond acceptors (Lipinski definition) is 3. The summed E-state index contributed by atoms with van der Waals surface area (Å²) in [6.07, 6.45) is 28.9. The van der Waals surface area contributed by atoms with Crippen LogP contribution in [-0.2, 0) is 16.0 Å². The summed E-state index contributed by atoms with van der Waals surface area (Å²) in [4.78, 5) is 25.0. The Labute approximate surface area is 237 Å². The lowest BCUT2D eigenvalue weighted by atomic mass is 9.55. The fraction of sp³-hybridized carbons (Fsp3) is 0.667. The number of fused-ring (bicyclic) bond motifs is 5. The van der Waals surface area contributed by atoms with E-state index in [1.807, 2.05) is 6.07 Å². The Morgan fingerprint density at radius 2 is 1.67 bits per heavy atom. The largest absolute Gasteiger partial charge is 0.427 e. The SMILES string of the molecule is CCCCC/C=C\C/C=C\CCCCCCCC(=O)Oc1ccc2c(c1)CC[C@@H]1[C@@H]2CC[C@]2(C)C(=O)CC[C@@H]12. The van der Waals surface area contributed by atoms with E-state index < -0.39 is 0 Å². The Kier molecular flexibility index (Phi) is 11.5. The van der Waals surface area contributed by atoms with Gasteiger partial charge in [0.05, 0.1) is 0 Å². The summed E-state index contributed by atoms with van der Waals surface area (Å²) >= 11 is 0. The van der Waals surface area contributed by atoms with Gasteiger partial charge in [0.15, 0.2) is 0 Å². The van der Waals surface area contributed by atoms with Crippen LogP contribution in [0.15, 0.2) is 42.5 Å². The Hall–Kier alpha value is -2.16. The summed E-state index contributed by atoms with van der Waals surface area (Å²) in [5.74, 6) is 2.86. The molecule has 214 valence electrons. The smallest absolute Gasteiger partial charge is 0.311 e. The van der Waals surface area contributed by atoms with Crippen LogP contribution < -0.4 is 4.74 Å². The molecule has 2 fully saturated rings. The maximum absolute atomic E-state index is 12.6. The van der Waals surface area contributed by atoms with Gasteiger partial charge in [0.1, 0.15) is 11.5 Å². The molecule has 3 aliphatic rings. The van der Waals surface area contributed by atoms with Crippen LogP contribution in [0.25, 0.3) is 0 Å². The minimum absolute atomic E-state index is 0.0735. The number of esters is 1. The first-order valence-electron chi connectivity index (χ1n) is 16.2. The topological polar surface area (TPSA) is 43.4 Å². The van der Waals surface area contributed by atoms with Crippen molar-refractivity contribution in [3.8, 4) is 5.75 Å². The Balaban J connectivity index is 1.09. The molecular formula is C36H52O3. The van der Waals surface area contributed by atoms with Gasteiger partial charge in [0.2, 0.25) is 0 Å².